The molecule has 2 rings (SSSR count). The van der Waals surface area contributed by atoms with Gasteiger partial charge in [0.1, 0.15) is 11.6 Å². The van der Waals surface area contributed by atoms with Gasteiger partial charge >= 0.3 is 6.03 Å². The Hall–Kier alpha value is -2.21. The minimum absolute atomic E-state index is 0.171. The number of hydrogen-bond donors (Lipinski definition) is 3. The number of fused-ring (bicyclic) bond motifs is 1. The molecule has 1 aromatic heterocycles. The van der Waals surface area contributed by atoms with Gasteiger partial charge in [-0.15, -0.1) is 0 Å². The summed E-state index contributed by atoms with van der Waals surface area (Å²) in [4.78, 5) is 15.7. The van der Waals surface area contributed by atoms with Crippen LogP contribution in [-0.2, 0) is 6.54 Å². The lowest BCUT2D eigenvalue weighted by Crippen LogP contribution is -2.28. The largest absolute Gasteiger partial charge is 0.338 e. The van der Waals surface area contributed by atoms with E-state index in [9.17, 15) is 9.18 Å². The van der Waals surface area contributed by atoms with E-state index in [2.05, 4.69) is 15.6 Å². The molecule has 100 valence electrons. The van der Waals surface area contributed by atoms with Crippen LogP contribution in [0.3, 0.4) is 0 Å². The fraction of sp³-hybridized carbons (Fsp3) is 0.231. The van der Waals surface area contributed by atoms with Gasteiger partial charge in [0, 0.05) is 23.9 Å². The van der Waals surface area contributed by atoms with Gasteiger partial charge in [-0.1, -0.05) is 12.1 Å². The molecule has 0 aliphatic rings. The number of anilines is 1. The Balaban J connectivity index is 2.46. The zero-order valence-electron chi connectivity index (χ0n) is 10.5. The van der Waals surface area contributed by atoms with Crippen molar-refractivity contribution in [2.45, 2.75) is 13.5 Å². The van der Waals surface area contributed by atoms with Crippen molar-refractivity contribution >= 4 is 22.6 Å². The van der Waals surface area contributed by atoms with E-state index in [4.69, 9.17) is 5.73 Å². The maximum absolute atomic E-state index is 13.8. The third kappa shape index (κ3) is 2.79. The average molecular weight is 262 g/mol. The Morgan fingerprint density at radius 3 is 2.89 bits per heavy atom. The van der Waals surface area contributed by atoms with Crippen LogP contribution in [-0.4, -0.2) is 17.6 Å². The van der Waals surface area contributed by atoms with Crippen LogP contribution in [0.4, 0.5) is 15.0 Å². The van der Waals surface area contributed by atoms with E-state index in [0.29, 0.717) is 23.0 Å². The monoisotopic (exact) mass is 262 g/mol. The third-order valence-corrected chi connectivity index (χ3v) is 2.67. The predicted octanol–water partition coefficient (Wildman–Crippen LogP) is 1.97. The average Bonchev–Trinajstić information content (AvgIpc) is 2.39. The van der Waals surface area contributed by atoms with Gasteiger partial charge in [0.25, 0.3) is 0 Å². The minimum atomic E-state index is -0.381. The highest BCUT2D eigenvalue weighted by atomic mass is 19.1. The van der Waals surface area contributed by atoms with E-state index in [1.807, 2.05) is 0 Å². The second-order valence-corrected chi connectivity index (χ2v) is 3.98. The molecule has 0 atom stereocenters. The summed E-state index contributed by atoms with van der Waals surface area (Å²) < 4.78 is 13.8. The highest BCUT2D eigenvalue weighted by Crippen LogP contribution is 2.23. The number of halogens is 1. The summed E-state index contributed by atoms with van der Waals surface area (Å²) in [5.41, 5.74) is 6.16. The number of urea groups is 1. The van der Waals surface area contributed by atoms with Crippen molar-refractivity contribution < 1.29 is 9.18 Å². The lowest BCUT2D eigenvalue weighted by molar-refractivity contribution is 0.252. The van der Waals surface area contributed by atoms with E-state index in [0.717, 1.165) is 0 Å². The van der Waals surface area contributed by atoms with Crippen molar-refractivity contribution in [3.63, 3.8) is 0 Å². The topological polar surface area (TPSA) is 80.0 Å². The number of carbonyl (C=O) groups is 1. The maximum Gasteiger partial charge on any atom is 0.320 e. The molecule has 0 fully saturated rings. The second-order valence-electron chi connectivity index (χ2n) is 3.98. The summed E-state index contributed by atoms with van der Waals surface area (Å²) in [6.07, 6.45) is 0. The molecule has 0 saturated carbocycles. The quantitative estimate of drug-likeness (QED) is 0.791. The number of benzene rings is 1. The van der Waals surface area contributed by atoms with Crippen LogP contribution >= 0.6 is 0 Å². The molecule has 0 spiro atoms. The van der Waals surface area contributed by atoms with Gasteiger partial charge in [-0.3, -0.25) is 5.32 Å². The lowest BCUT2D eigenvalue weighted by atomic mass is 10.1. The number of nitrogens with one attached hydrogen (secondary N) is 2. The Bertz CT molecular complexity index is 615. The van der Waals surface area contributed by atoms with E-state index in [1.165, 1.54) is 12.1 Å². The van der Waals surface area contributed by atoms with Crippen molar-refractivity contribution in [2.75, 3.05) is 11.9 Å². The SMILES string of the molecule is CCNC(=O)Nc1cc2c(F)cccc2c(CN)n1. The fourth-order valence-electron chi connectivity index (χ4n) is 1.85. The van der Waals surface area contributed by atoms with Crippen molar-refractivity contribution in [2.24, 2.45) is 5.73 Å². The van der Waals surface area contributed by atoms with E-state index in [1.54, 1.807) is 19.1 Å². The van der Waals surface area contributed by atoms with Crippen LogP contribution in [0.1, 0.15) is 12.6 Å². The molecule has 2 amide bonds. The molecular weight excluding hydrogens is 247 g/mol. The first-order valence-electron chi connectivity index (χ1n) is 5.98. The number of amides is 2. The Labute approximate surface area is 110 Å². The fourth-order valence-corrected chi connectivity index (χ4v) is 1.85. The van der Waals surface area contributed by atoms with Crippen molar-refractivity contribution in [1.29, 1.82) is 0 Å². The van der Waals surface area contributed by atoms with Crippen LogP contribution < -0.4 is 16.4 Å². The number of hydrogen-bond acceptors (Lipinski definition) is 3. The van der Waals surface area contributed by atoms with E-state index < -0.39 is 0 Å². The molecule has 2 aromatic rings. The van der Waals surface area contributed by atoms with Gasteiger partial charge in [-0.05, 0) is 19.1 Å². The number of carbonyl (C=O) groups excluding carboxylic acids is 1. The molecule has 1 aromatic carbocycles. The van der Waals surface area contributed by atoms with Crippen LogP contribution in [0.5, 0.6) is 0 Å². The third-order valence-electron chi connectivity index (χ3n) is 2.67. The van der Waals surface area contributed by atoms with Crippen LogP contribution in [0.2, 0.25) is 0 Å². The summed E-state index contributed by atoms with van der Waals surface area (Å²) in [5.74, 6) is -0.0856. The molecule has 19 heavy (non-hydrogen) atoms. The molecule has 0 unspecified atom stereocenters. The molecule has 0 radical (unpaired) electrons. The van der Waals surface area contributed by atoms with Gasteiger partial charge in [-0.2, -0.15) is 0 Å². The Morgan fingerprint density at radius 1 is 1.42 bits per heavy atom. The first-order valence-corrected chi connectivity index (χ1v) is 5.98. The molecule has 1 heterocycles. The zero-order chi connectivity index (χ0) is 13.8. The Kier molecular flexibility index (Phi) is 3.91. The van der Waals surface area contributed by atoms with E-state index >= 15 is 0 Å². The van der Waals surface area contributed by atoms with E-state index in [-0.39, 0.29) is 24.2 Å². The summed E-state index contributed by atoms with van der Waals surface area (Å²) in [6, 6.07) is 5.84. The number of pyridine rings is 1. The number of nitrogens with zero attached hydrogens (tertiary/aromatic N) is 1. The summed E-state index contributed by atoms with van der Waals surface area (Å²) in [6.45, 7) is 2.47. The first kappa shape index (κ1) is 13.2. The smallest absolute Gasteiger partial charge is 0.320 e. The van der Waals surface area contributed by atoms with Gasteiger partial charge < -0.3 is 11.1 Å². The van der Waals surface area contributed by atoms with Crippen LogP contribution in [0, 0.1) is 5.82 Å². The standard InChI is InChI=1S/C13H15FN4O/c1-2-16-13(19)18-12-6-9-8(11(7-15)17-12)4-3-5-10(9)14/h3-6H,2,7,15H2,1H3,(H2,16,17,18,19). The van der Waals surface area contributed by atoms with Gasteiger partial charge in [0.15, 0.2) is 0 Å². The molecular formula is C13H15FN4O. The summed E-state index contributed by atoms with van der Waals surface area (Å²) in [5, 5.41) is 6.18. The molecule has 0 aliphatic carbocycles. The second kappa shape index (κ2) is 5.62. The number of nitrogens with two attached hydrogens (primary N) is 1. The highest BCUT2D eigenvalue weighted by Gasteiger charge is 2.09. The lowest BCUT2D eigenvalue weighted by Gasteiger charge is -2.10. The van der Waals surface area contributed by atoms with Gasteiger partial charge in [0.2, 0.25) is 0 Å². The normalized spacial score (nSPS) is 10.5. The minimum Gasteiger partial charge on any atom is -0.338 e. The number of rotatable bonds is 3. The van der Waals surface area contributed by atoms with Crippen LogP contribution in [0.25, 0.3) is 10.8 Å². The molecule has 0 saturated heterocycles. The first-order chi connectivity index (χ1) is 9.15. The van der Waals surface area contributed by atoms with Crippen molar-refractivity contribution in [1.82, 2.24) is 10.3 Å². The predicted molar refractivity (Wildman–Crippen MR) is 72.3 cm³/mol. The van der Waals surface area contributed by atoms with Crippen molar-refractivity contribution in [3.8, 4) is 0 Å². The molecule has 4 N–H and O–H groups in total. The van der Waals surface area contributed by atoms with Gasteiger partial charge in [-0.25, -0.2) is 14.2 Å². The summed E-state index contributed by atoms with van der Waals surface area (Å²) in [7, 11) is 0. The zero-order valence-corrected chi connectivity index (χ0v) is 10.5. The maximum atomic E-state index is 13.8. The summed E-state index contributed by atoms with van der Waals surface area (Å²) >= 11 is 0. The molecule has 6 heteroatoms. The highest BCUT2D eigenvalue weighted by molar-refractivity contribution is 5.93. The van der Waals surface area contributed by atoms with Crippen molar-refractivity contribution in [3.05, 3.63) is 35.8 Å². The Morgan fingerprint density at radius 2 is 2.21 bits per heavy atom. The molecule has 5 nitrogen and oxygen atoms in total. The number of aromatic nitrogens is 1. The van der Waals surface area contributed by atoms with Gasteiger partial charge in [0.05, 0.1) is 5.69 Å². The molecule has 0 aliphatic heterocycles. The van der Waals surface area contributed by atoms with Crippen LogP contribution in [0.15, 0.2) is 24.3 Å². The molecule has 0 bridgehead atoms.